The first-order valence-corrected chi connectivity index (χ1v) is 6.10. The summed E-state index contributed by atoms with van der Waals surface area (Å²) in [5, 5.41) is 0. The van der Waals surface area contributed by atoms with E-state index in [-0.39, 0.29) is 5.82 Å². The van der Waals surface area contributed by atoms with Gasteiger partial charge in [0.05, 0.1) is 5.69 Å². The molecule has 0 fully saturated rings. The van der Waals surface area contributed by atoms with Gasteiger partial charge in [-0.05, 0) is 37.1 Å². The lowest BCUT2D eigenvalue weighted by molar-refractivity contribution is 0.631. The number of allylic oxidation sites excluding steroid dienone is 1. The lowest BCUT2D eigenvalue weighted by Gasteiger charge is -2.06. The quantitative estimate of drug-likeness (QED) is 0.764. The number of aryl methyl sites for hydroxylation is 1. The van der Waals surface area contributed by atoms with Crippen LogP contribution in [0.25, 0.3) is 17.2 Å². The summed E-state index contributed by atoms with van der Waals surface area (Å²) >= 11 is 0. The third-order valence-electron chi connectivity index (χ3n) is 2.82. The van der Waals surface area contributed by atoms with Gasteiger partial charge in [-0.25, -0.2) is 4.39 Å². The minimum Gasteiger partial charge on any atom is -0.256 e. The SMILES string of the molecule is CC/C=C\c1ncc(-c2ccccc2F)cc1C. The van der Waals surface area contributed by atoms with Crippen molar-refractivity contribution in [2.45, 2.75) is 20.3 Å². The van der Waals surface area contributed by atoms with Crippen molar-refractivity contribution in [1.82, 2.24) is 4.98 Å². The second kappa shape index (κ2) is 5.58. The second-order valence-electron chi connectivity index (χ2n) is 4.22. The van der Waals surface area contributed by atoms with Crippen LogP contribution in [0.3, 0.4) is 0 Å². The average Bonchev–Trinajstić information content (AvgIpc) is 2.38. The van der Waals surface area contributed by atoms with Crippen molar-refractivity contribution >= 4 is 6.08 Å². The molecule has 0 aliphatic heterocycles. The summed E-state index contributed by atoms with van der Waals surface area (Å²) in [6.07, 6.45) is 6.77. The van der Waals surface area contributed by atoms with Crippen molar-refractivity contribution in [2.24, 2.45) is 0 Å². The van der Waals surface area contributed by atoms with Gasteiger partial charge in [0.1, 0.15) is 5.82 Å². The molecule has 0 bridgehead atoms. The van der Waals surface area contributed by atoms with E-state index < -0.39 is 0 Å². The molecule has 0 aliphatic carbocycles. The minimum atomic E-state index is -0.212. The van der Waals surface area contributed by atoms with E-state index >= 15 is 0 Å². The fourth-order valence-electron chi connectivity index (χ4n) is 1.83. The summed E-state index contributed by atoms with van der Waals surface area (Å²) < 4.78 is 13.7. The first kappa shape index (κ1) is 12.5. The summed E-state index contributed by atoms with van der Waals surface area (Å²) in [5.74, 6) is -0.212. The van der Waals surface area contributed by atoms with E-state index in [0.717, 1.165) is 23.2 Å². The summed E-state index contributed by atoms with van der Waals surface area (Å²) in [6.45, 7) is 4.08. The molecule has 0 saturated heterocycles. The molecular weight excluding hydrogens is 225 g/mol. The number of pyridine rings is 1. The van der Waals surface area contributed by atoms with Crippen molar-refractivity contribution in [2.75, 3.05) is 0 Å². The predicted octanol–water partition coefficient (Wildman–Crippen LogP) is 4.62. The third kappa shape index (κ3) is 2.65. The number of nitrogens with zero attached hydrogens (tertiary/aromatic N) is 1. The molecule has 1 nitrogen and oxygen atoms in total. The van der Waals surface area contributed by atoms with E-state index in [0.29, 0.717) is 5.56 Å². The van der Waals surface area contributed by atoms with Crippen LogP contribution in [0.5, 0.6) is 0 Å². The fraction of sp³-hybridized carbons (Fsp3) is 0.188. The lowest BCUT2D eigenvalue weighted by Crippen LogP contribution is -1.90. The van der Waals surface area contributed by atoms with E-state index in [4.69, 9.17) is 0 Å². The van der Waals surface area contributed by atoms with Gasteiger partial charge in [0.15, 0.2) is 0 Å². The Labute approximate surface area is 107 Å². The highest BCUT2D eigenvalue weighted by atomic mass is 19.1. The van der Waals surface area contributed by atoms with Gasteiger partial charge in [0.2, 0.25) is 0 Å². The van der Waals surface area contributed by atoms with Crippen molar-refractivity contribution in [3.8, 4) is 11.1 Å². The molecule has 1 aromatic heterocycles. The zero-order chi connectivity index (χ0) is 13.0. The predicted molar refractivity (Wildman–Crippen MR) is 73.7 cm³/mol. The minimum absolute atomic E-state index is 0.212. The van der Waals surface area contributed by atoms with Crippen LogP contribution < -0.4 is 0 Å². The smallest absolute Gasteiger partial charge is 0.131 e. The van der Waals surface area contributed by atoms with Crippen LogP contribution in [0.2, 0.25) is 0 Å². The third-order valence-corrected chi connectivity index (χ3v) is 2.82. The van der Waals surface area contributed by atoms with Gasteiger partial charge >= 0.3 is 0 Å². The molecule has 2 heteroatoms. The topological polar surface area (TPSA) is 12.9 Å². The Morgan fingerprint density at radius 3 is 2.72 bits per heavy atom. The Balaban J connectivity index is 2.41. The maximum Gasteiger partial charge on any atom is 0.131 e. The standard InChI is InChI=1S/C16H16FN/c1-3-4-9-16-12(2)10-13(11-18-16)14-7-5-6-8-15(14)17/h4-11H,3H2,1-2H3/b9-4-. The van der Waals surface area contributed by atoms with Gasteiger partial charge in [-0.3, -0.25) is 4.98 Å². The number of benzene rings is 1. The number of hydrogen-bond donors (Lipinski definition) is 0. The first-order valence-electron chi connectivity index (χ1n) is 6.10. The lowest BCUT2D eigenvalue weighted by atomic mass is 10.0. The van der Waals surface area contributed by atoms with Crippen molar-refractivity contribution < 1.29 is 4.39 Å². The van der Waals surface area contributed by atoms with Gasteiger partial charge in [-0.2, -0.15) is 0 Å². The second-order valence-corrected chi connectivity index (χ2v) is 4.22. The Bertz CT molecular complexity index is 573. The van der Waals surface area contributed by atoms with E-state index in [1.165, 1.54) is 6.07 Å². The van der Waals surface area contributed by atoms with E-state index in [2.05, 4.69) is 18.0 Å². The van der Waals surface area contributed by atoms with Crippen molar-refractivity contribution in [3.05, 3.63) is 59.7 Å². The molecule has 2 aromatic rings. The van der Waals surface area contributed by atoms with Crippen molar-refractivity contribution in [1.29, 1.82) is 0 Å². The van der Waals surface area contributed by atoms with Gasteiger partial charge in [-0.15, -0.1) is 0 Å². The summed E-state index contributed by atoms with van der Waals surface area (Å²) in [6, 6.07) is 8.74. The average molecular weight is 241 g/mol. The van der Waals surface area contributed by atoms with Gasteiger partial charge in [0.25, 0.3) is 0 Å². The molecule has 0 N–H and O–H groups in total. The molecule has 92 valence electrons. The zero-order valence-electron chi connectivity index (χ0n) is 10.7. The number of halogens is 1. The molecule has 0 spiro atoms. The van der Waals surface area contributed by atoms with Crippen LogP contribution in [0.4, 0.5) is 4.39 Å². The van der Waals surface area contributed by atoms with Crippen LogP contribution in [-0.4, -0.2) is 4.98 Å². The van der Waals surface area contributed by atoms with Gasteiger partial charge < -0.3 is 0 Å². The first-order chi connectivity index (χ1) is 8.72. The van der Waals surface area contributed by atoms with E-state index in [9.17, 15) is 4.39 Å². The van der Waals surface area contributed by atoms with E-state index in [1.54, 1.807) is 18.3 Å². The molecule has 0 atom stereocenters. The van der Waals surface area contributed by atoms with Crippen LogP contribution in [0, 0.1) is 12.7 Å². The monoisotopic (exact) mass is 241 g/mol. The Morgan fingerprint density at radius 2 is 2.06 bits per heavy atom. The molecule has 0 aliphatic rings. The Kier molecular flexibility index (Phi) is 3.88. The summed E-state index contributed by atoms with van der Waals surface area (Å²) in [5.41, 5.74) is 3.41. The van der Waals surface area contributed by atoms with Crippen molar-refractivity contribution in [3.63, 3.8) is 0 Å². The molecule has 0 saturated carbocycles. The Hall–Kier alpha value is -1.96. The zero-order valence-corrected chi connectivity index (χ0v) is 10.7. The molecule has 18 heavy (non-hydrogen) atoms. The van der Waals surface area contributed by atoms with Crippen LogP contribution in [0.15, 0.2) is 42.6 Å². The highest BCUT2D eigenvalue weighted by Gasteiger charge is 2.05. The normalized spacial score (nSPS) is 11.1. The highest BCUT2D eigenvalue weighted by molar-refractivity contribution is 5.65. The number of hydrogen-bond acceptors (Lipinski definition) is 1. The largest absolute Gasteiger partial charge is 0.256 e. The molecule has 1 aromatic carbocycles. The van der Waals surface area contributed by atoms with Crippen LogP contribution >= 0.6 is 0 Å². The van der Waals surface area contributed by atoms with Crippen LogP contribution in [-0.2, 0) is 0 Å². The number of aromatic nitrogens is 1. The molecule has 0 radical (unpaired) electrons. The van der Waals surface area contributed by atoms with Gasteiger partial charge in [0, 0.05) is 17.3 Å². The van der Waals surface area contributed by atoms with Gasteiger partial charge in [-0.1, -0.05) is 31.2 Å². The molecule has 1 heterocycles. The molecule has 0 unspecified atom stereocenters. The molecular formula is C16H16FN. The summed E-state index contributed by atoms with van der Waals surface area (Å²) in [7, 11) is 0. The van der Waals surface area contributed by atoms with E-state index in [1.807, 2.05) is 25.1 Å². The highest BCUT2D eigenvalue weighted by Crippen LogP contribution is 2.23. The number of rotatable bonds is 3. The van der Waals surface area contributed by atoms with Crippen LogP contribution in [0.1, 0.15) is 24.6 Å². The maximum absolute atomic E-state index is 13.7. The molecule has 0 amide bonds. The Morgan fingerprint density at radius 1 is 1.28 bits per heavy atom. The maximum atomic E-state index is 13.7. The molecule has 2 rings (SSSR count). The summed E-state index contributed by atoms with van der Waals surface area (Å²) in [4.78, 5) is 4.38. The fourth-order valence-corrected chi connectivity index (χ4v) is 1.83.